The third kappa shape index (κ3) is 2.71. The van der Waals surface area contributed by atoms with Crippen LogP contribution in [0.1, 0.15) is 60.9 Å². The van der Waals surface area contributed by atoms with Gasteiger partial charge in [-0.2, -0.15) is 0 Å². The van der Waals surface area contributed by atoms with Gasteiger partial charge in [0.05, 0.1) is 5.56 Å². The average Bonchev–Trinajstić information content (AvgIpc) is 2.38. The Labute approximate surface area is 107 Å². The third-order valence-corrected chi connectivity index (χ3v) is 4.15. The predicted octanol–water partition coefficient (Wildman–Crippen LogP) is 3.61. The van der Waals surface area contributed by atoms with Gasteiger partial charge in [-0.3, -0.25) is 4.79 Å². The molecule has 0 spiro atoms. The lowest BCUT2D eigenvalue weighted by Gasteiger charge is -2.28. The number of hydrogen-bond acceptors (Lipinski definition) is 1. The number of hydrogen-bond donors (Lipinski definition) is 1. The number of nitrogens with two attached hydrogens (primary N) is 1. The van der Waals surface area contributed by atoms with Crippen LogP contribution in [0.25, 0.3) is 0 Å². The monoisotopic (exact) mass is 249 g/mol. The van der Waals surface area contributed by atoms with Crippen molar-refractivity contribution < 1.29 is 9.18 Å². The first-order valence-electron chi connectivity index (χ1n) is 6.71. The van der Waals surface area contributed by atoms with Gasteiger partial charge in [0.1, 0.15) is 5.82 Å². The van der Waals surface area contributed by atoms with Gasteiger partial charge in [-0.05, 0) is 55.2 Å². The smallest absolute Gasteiger partial charge is 0.251 e. The molecule has 0 radical (unpaired) electrons. The molecule has 0 saturated heterocycles. The van der Waals surface area contributed by atoms with E-state index in [0.29, 0.717) is 5.92 Å². The number of benzene rings is 1. The van der Waals surface area contributed by atoms with Gasteiger partial charge in [-0.15, -0.1) is 0 Å². The summed E-state index contributed by atoms with van der Waals surface area (Å²) in [5, 5.41) is 0. The quantitative estimate of drug-likeness (QED) is 0.873. The zero-order valence-electron chi connectivity index (χ0n) is 10.8. The molecule has 0 aliphatic heterocycles. The van der Waals surface area contributed by atoms with Gasteiger partial charge in [-0.1, -0.05) is 19.4 Å². The van der Waals surface area contributed by atoms with E-state index < -0.39 is 11.7 Å². The number of primary amides is 1. The van der Waals surface area contributed by atoms with Crippen LogP contribution in [0, 0.1) is 11.7 Å². The fraction of sp³-hybridized carbons (Fsp3) is 0.533. The lowest BCUT2D eigenvalue weighted by atomic mass is 9.78. The van der Waals surface area contributed by atoms with E-state index in [1.807, 2.05) is 6.07 Å². The van der Waals surface area contributed by atoms with E-state index in [4.69, 9.17) is 5.73 Å². The van der Waals surface area contributed by atoms with E-state index in [2.05, 4.69) is 6.92 Å². The second kappa shape index (κ2) is 5.51. The van der Waals surface area contributed by atoms with E-state index >= 15 is 0 Å². The molecule has 1 saturated carbocycles. The summed E-state index contributed by atoms with van der Waals surface area (Å²) in [4.78, 5) is 11.0. The lowest BCUT2D eigenvalue weighted by molar-refractivity contribution is 0.0996. The first kappa shape index (κ1) is 13.1. The van der Waals surface area contributed by atoms with Gasteiger partial charge in [-0.25, -0.2) is 4.39 Å². The molecule has 18 heavy (non-hydrogen) atoms. The summed E-state index contributed by atoms with van der Waals surface area (Å²) in [6, 6.07) is 4.84. The fourth-order valence-electron chi connectivity index (χ4n) is 2.89. The van der Waals surface area contributed by atoms with Crippen molar-refractivity contribution in [3.05, 3.63) is 35.1 Å². The van der Waals surface area contributed by atoms with E-state index in [-0.39, 0.29) is 5.56 Å². The van der Waals surface area contributed by atoms with Crippen LogP contribution in [0.3, 0.4) is 0 Å². The minimum absolute atomic E-state index is 0.0130. The molecule has 1 aliphatic carbocycles. The van der Waals surface area contributed by atoms with Gasteiger partial charge < -0.3 is 5.73 Å². The van der Waals surface area contributed by atoms with Gasteiger partial charge in [0.2, 0.25) is 0 Å². The Hall–Kier alpha value is -1.38. The molecule has 0 aromatic heterocycles. The highest BCUT2D eigenvalue weighted by Gasteiger charge is 2.22. The van der Waals surface area contributed by atoms with Gasteiger partial charge in [0.25, 0.3) is 5.91 Å². The maximum atomic E-state index is 13.7. The highest BCUT2D eigenvalue weighted by molar-refractivity contribution is 5.93. The van der Waals surface area contributed by atoms with Crippen LogP contribution in [-0.4, -0.2) is 5.91 Å². The normalized spacial score (nSPS) is 23.9. The Morgan fingerprint density at radius 2 is 2.00 bits per heavy atom. The summed E-state index contributed by atoms with van der Waals surface area (Å²) in [7, 11) is 0. The molecule has 1 aromatic rings. The van der Waals surface area contributed by atoms with Crippen molar-refractivity contribution in [2.45, 2.75) is 44.9 Å². The van der Waals surface area contributed by atoms with Crippen molar-refractivity contribution in [3.63, 3.8) is 0 Å². The van der Waals surface area contributed by atoms with Crippen LogP contribution in [0.5, 0.6) is 0 Å². The summed E-state index contributed by atoms with van der Waals surface area (Å²) in [5.74, 6) is 0.0755. The summed E-state index contributed by atoms with van der Waals surface area (Å²) in [6.07, 6.45) is 5.92. The molecule has 1 aromatic carbocycles. The Balaban J connectivity index is 2.11. The van der Waals surface area contributed by atoms with Crippen LogP contribution in [0.4, 0.5) is 4.39 Å². The maximum Gasteiger partial charge on any atom is 0.251 e. The molecule has 0 unspecified atom stereocenters. The average molecular weight is 249 g/mol. The standard InChI is InChI=1S/C15H20FNO/c1-2-10-3-5-11(6-4-10)12-7-8-13(15(17)18)14(16)9-12/h7-11H,2-6H2,1H3,(H2,17,18). The van der Waals surface area contributed by atoms with Crippen molar-refractivity contribution in [1.29, 1.82) is 0 Å². The molecule has 2 nitrogen and oxygen atoms in total. The first-order valence-corrected chi connectivity index (χ1v) is 6.71. The third-order valence-electron chi connectivity index (χ3n) is 4.15. The Bertz CT molecular complexity index is 436. The van der Waals surface area contributed by atoms with Crippen LogP contribution < -0.4 is 5.73 Å². The van der Waals surface area contributed by atoms with Gasteiger partial charge in [0.15, 0.2) is 0 Å². The van der Waals surface area contributed by atoms with Crippen LogP contribution in [0.15, 0.2) is 18.2 Å². The van der Waals surface area contributed by atoms with Crippen molar-refractivity contribution >= 4 is 5.91 Å². The SMILES string of the molecule is CCC1CCC(c2ccc(C(N)=O)c(F)c2)CC1. The predicted molar refractivity (Wildman–Crippen MR) is 69.9 cm³/mol. The van der Waals surface area contributed by atoms with Crippen molar-refractivity contribution in [3.8, 4) is 0 Å². The number of rotatable bonds is 3. The first-order chi connectivity index (χ1) is 8.61. The second-order valence-corrected chi connectivity index (χ2v) is 5.23. The Kier molecular flexibility index (Phi) is 4.00. The molecular formula is C15H20FNO. The molecule has 0 atom stereocenters. The topological polar surface area (TPSA) is 43.1 Å². The molecule has 3 heteroatoms. The Morgan fingerprint density at radius 1 is 1.33 bits per heavy atom. The summed E-state index contributed by atoms with van der Waals surface area (Å²) in [5.41, 5.74) is 6.09. The second-order valence-electron chi connectivity index (χ2n) is 5.23. The molecular weight excluding hydrogens is 229 g/mol. The molecule has 0 bridgehead atoms. The number of amides is 1. The van der Waals surface area contributed by atoms with E-state index in [9.17, 15) is 9.18 Å². The van der Waals surface area contributed by atoms with Crippen molar-refractivity contribution in [1.82, 2.24) is 0 Å². The maximum absolute atomic E-state index is 13.7. The lowest BCUT2D eigenvalue weighted by Crippen LogP contribution is -2.15. The van der Waals surface area contributed by atoms with Gasteiger partial charge in [0, 0.05) is 0 Å². The minimum atomic E-state index is -0.700. The summed E-state index contributed by atoms with van der Waals surface area (Å²) in [6.45, 7) is 2.23. The Morgan fingerprint density at radius 3 is 2.50 bits per heavy atom. The molecule has 1 fully saturated rings. The minimum Gasteiger partial charge on any atom is -0.366 e. The molecule has 0 heterocycles. The zero-order valence-corrected chi connectivity index (χ0v) is 10.8. The zero-order chi connectivity index (χ0) is 13.1. The van der Waals surface area contributed by atoms with E-state index in [1.165, 1.54) is 31.4 Å². The van der Waals surface area contributed by atoms with E-state index in [1.54, 1.807) is 0 Å². The number of carbonyl (C=O) groups is 1. The number of carbonyl (C=O) groups excluding carboxylic acids is 1. The van der Waals surface area contributed by atoms with Crippen molar-refractivity contribution in [2.75, 3.05) is 0 Å². The van der Waals surface area contributed by atoms with Crippen LogP contribution in [-0.2, 0) is 0 Å². The highest BCUT2D eigenvalue weighted by atomic mass is 19.1. The van der Waals surface area contributed by atoms with E-state index in [0.717, 1.165) is 24.3 Å². The summed E-state index contributed by atoms with van der Waals surface area (Å²) < 4.78 is 13.7. The highest BCUT2D eigenvalue weighted by Crippen LogP contribution is 2.37. The number of halogens is 1. The van der Waals surface area contributed by atoms with Crippen LogP contribution in [0.2, 0.25) is 0 Å². The largest absolute Gasteiger partial charge is 0.366 e. The molecule has 2 N–H and O–H groups in total. The molecule has 1 aliphatic rings. The van der Waals surface area contributed by atoms with Crippen LogP contribution >= 0.6 is 0 Å². The molecule has 98 valence electrons. The molecule has 1 amide bonds. The van der Waals surface area contributed by atoms with Crippen molar-refractivity contribution in [2.24, 2.45) is 11.7 Å². The summed E-state index contributed by atoms with van der Waals surface area (Å²) >= 11 is 0. The fourth-order valence-corrected chi connectivity index (χ4v) is 2.89. The van der Waals surface area contributed by atoms with Gasteiger partial charge >= 0.3 is 0 Å². The molecule has 2 rings (SSSR count).